The number of nitrogens with zero attached hydrogens (tertiary/aromatic N) is 1. The number of ether oxygens (including phenoxy) is 1. The van der Waals surface area contributed by atoms with Crippen molar-refractivity contribution in [1.29, 1.82) is 0 Å². The van der Waals surface area contributed by atoms with Gasteiger partial charge in [-0.1, -0.05) is 30.3 Å². The normalized spacial score (nSPS) is 21.5. The van der Waals surface area contributed by atoms with E-state index in [0.717, 1.165) is 31.4 Å². The van der Waals surface area contributed by atoms with Crippen LogP contribution in [-0.2, 0) is 16.0 Å². The van der Waals surface area contributed by atoms with Crippen LogP contribution >= 0.6 is 0 Å². The summed E-state index contributed by atoms with van der Waals surface area (Å²) < 4.78 is 42.6. The number of piperidine rings is 1. The van der Waals surface area contributed by atoms with E-state index in [1.807, 2.05) is 35.2 Å². The summed E-state index contributed by atoms with van der Waals surface area (Å²) in [7, 11) is 0. The van der Waals surface area contributed by atoms with E-state index in [1.165, 1.54) is 0 Å². The molecule has 1 aromatic carbocycles. The number of carbonyl (C=O) groups excluding carboxylic acids is 1. The molecule has 1 aliphatic rings. The van der Waals surface area contributed by atoms with E-state index in [-0.39, 0.29) is 12.4 Å². The Kier molecular flexibility index (Phi) is 7.50. The molecule has 1 saturated heterocycles. The van der Waals surface area contributed by atoms with Gasteiger partial charge in [0.1, 0.15) is 0 Å². The summed E-state index contributed by atoms with van der Waals surface area (Å²) in [5, 5.41) is 0. The van der Waals surface area contributed by atoms with Crippen molar-refractivity contribution in [3.05, 3.63) is 35.9 Å². The van der Waals surface area contributed by atoms with Gasteiger partial charge in [0, 0.05) is 13.0 Å². The average Bonchev–Trinajstić information content (AvgIpc) is 2.60. The topological polar surface area (TPSA) is 29.5 Å². The van der Waals surface area contributed by atoms with Crippen LogP contribution in [0.2, 0.25) is 0 Å². The van der Waals surface area contributed by atoms with Crippen LogP contribution in [0.25, 0.3) is 0 Å². The van der Waals surface area contributed by atoms with Gasteiger partial charge in [-0.25, -0.2) is 0 Å². The van der Waals surface area contributed by atoms with Gasteiger partial charge in [0.2, 0.25) is 0 Å². The van der Waals surface area contributed by atoms with Gasteiger partial charge in [-0.3, -0.25) is 4.79 Å². The van der Waals surface area contributed by atoms with E-state index >= 15 is 0 Å². The molecule has 1 aliphatic heterocycles. The van der Waals surface area contributed by atoms with Crippen LogP contribution in [-0.4, -0.2) is 43.3 Å². The van der Waals surface area contributed by atoms with E-state index in [9.17, 15) is 18.0 Å². The molecular weight excluding hydrogens is 343 g/mol. The molecule has 0 spiro atoms. The van der Waals surface area contributed by atoms with Crippen LogP contribution < -0.4 is 0 Å². The second kappa shape index (κ2) is 9.40. The number of benzene rings is 1. The first kappa shape index (κ1) is 20.7. The Balaban J connectivity index is 2.01. The van der Waals surface area contributed by atoms with Gasteiger partial charge in [0.15, 0.2) is 0 Å². The molecule has 2 rings (SSSR count). The monoisotopic (exact) mass is 371 g/mol. The molecule has 0 unspecified atom stereocenters. The van der Waals surface area contributed by atoms with Crippen LogP contribution in [0.1, 0.15) is 44.6 Å². The Bertz CT molecular complexity index is 562. The number of carbonyl (C=O) groups is 1. The van der Waals surface area contributed by atoms with Crippen molar-refractivity contribution in [1.82, 2.24) is 4.90 Å². The zero-order valence-corrected chi connectivity index (χ0v) is 15.4. The van der Waals surface area contributed by atoms with Crippen molar-refractivity contribution >= 4 is 5.97 Å². The second-order valence-electron chi connectivity index (χ2n) is 7.08. The molecule has 6 heteroatoms. The maximum atomic E-state index is 12.7. The molecule has 0 radical (unpaired) electrons. The lowest BCUT2D eigenvalue weighted by Crippen LogP contribution is -2.49. The predicted octanol–water partition coefficient (Wildman–Crippen LogP) is 4.61. The van der Waals surface area contributed by atoms with Crippen LogP contribution in [0.3, 0.4) is 0 Å². The highest BCUT2D eigenvalue weighted by atomic mass is 19.4. The lowest BCUT2D eigenvalue weighted by atomic mass is 9.75. The number of hydrogen-bond acceptors (Lipinski definition) is 3. The third-order valence-corrected chi connectivity index (χ3v) is 5.03. The standard InChI is InChI=1S/C20H28F3NO2/c1-2-26-18(25)19(13-10-17-8-4-3-5-9-17)11-6-14-24(16-19)15-7-12-20(21,22)23/h3-5,8-9H,2,6-7,10-16H2,1H3/t19-/m0/s1. The van der Waals surface area contributed by atoms with E-state index < -0.39 is 18.0 Å². The fraction of sp³-hybridized carbons (Fsp3) is 0.650. The predicted molar refractivity (Wildman–Crippen MR) is 94.8 cm³/mol. The summed E-state index contributed by atoms with van der Waals surface area (Å²) in [5.74, 6) is -0.212. The maximum absolute atomic E-state index is 12.7. The third-order valence-electron chi connectivity index (χ3n) is 5.03. The molecule has 0 aromatic heterocycles. The minimum absolute atomic E-state index is 0.0705. The number of rotatable bonds is 8. The summed E-state index contributed by atoms with van der Waals surface area (Å²) in [5.41, 5.74) is 0.535. The van der Waals surface area contributed by atoms with E-state index in [4.69, 9.17) is 4.74 Å². The quantitative estimate of drug-likeness (QED) is 0.625. The van der Waals surface area contributed by atoms with E-state index in [1.54, 1.807) is 6.92 Å². The van der Waals surface area contributed by atoms with Crippen molar-refractivity contribution in [3.8, 4) is 0 Å². The number of alkyl halides is 3. The molecular formula is C20H28F3NO2. The SMILES string of the molecule is CCOC(=O)[C@]1(CCc2ccccc2)CCCN(CCCC(F)(F)F)C1. The molecule has 146 valence electrons. The molecule has 26 heavy (non-hydrogen) atoms. The Morgan fingerprint density at radius 2 is 2.00 bits per heavy atom. The highest BCUT2D eigenvalue weighted by Crippen LogP contribution is 2.36. The Hall–Kier alpha value is -1.56. The Morgan fingerprint density at radius 1 is 1.27 bits per heavy atom. The first-order valence-corrected chi connectivity index (χ1v) is 9.35. The first-order valence-electron chi connectivity index (χ1n) is 9.35. The number of hydrogen-bond donors (Lipinski definition) is 0. The zero-order chi connectivity index (χ0) is 19.0. The molecule has 1 heterocycles. The van der Waals surface area contributed by atoms with Crippen molar-refractivity contribution in [3.63, 3.8) is 0 Å². The van der Waals surface area contributed by atoms with Gasteiger partial charge in [0.25, 0.3) is 0 Å². The van der Waals surface area contributed by atoms with Crippen LogP contribution in [0.5, 0.6) is 0 Å². The molecule has 1 fully saturated rings. The minimum atomic E-state index is -4.12. The lowest BCUT2D eigenvalue weighted by Gasteiger charge is -2.41. The summed E-state index contributed by atoms with van der Waals surface area (Å²) in [4.78, 5) is 14.7. The number of halogens is 3. The van der Waals surface area contributed by atoms with Gasteiger partial charge in [0.05, 0.1) is 12.0 Å². The molecule has 0 amide bonds. The van der Waals surface area contributed by atoms with Gasteiger partial charge < -0.3 is 9.64 Å². The van der Waals surface area contributed by atoms with Crippen molar-refractivity contribution in [2.45, 2.75) is 51.6 Å². The highest BCUT2D eigenvalue weighted by Gasteiger charge is 2.43. The fourth-order valence-electron chi connectivity index (χ4n) is 3.71. The average molecular weight is 371 g/mol. The zero-order valence-electron chi connectivity index (χ0n) is 15.4. The Morgan fingerprint density at radius 3 is 2.65 bits per heavy atom. The molecule has 3 nitrogen and oxygen atoms in total. The summed E-state index contributed by atoms with van der Waals surface area (Å²) in [6.45, 7) is 3.69. The second-order valence-corrected chi connectivity index (χ2v) is 7.08. The molecule has 1 atom stereocenters. The van der Waals surface area contributed by atoms with E-state index in [2.05, 4.69) is 0 Å². The molecule has 1 aromatic rings. The largest absolute Gasteiger partial charge is 0.466 e. The number of likely N-dealkylation sites (tertiary alicyclic amines) is 1. The maximum Gasteiger partial charge on any atom is 0.389 e. The molecule has 0 saturated carbocycles. The lowest BCUT2D eigenvalue weighted by molar-refractivity contribution is -0.160. The van der Waals surface area contributed by atoms with Crippen LogP contribution in [0, 0.1) is 5.41 Å². The van der Waals surface area contributed by atoms with Crippen molar-refractivity contribution in [2.24, 2.45) is 5.41 Å². The molecule has 0 aliphatic carbocycles. The van der Waals surface area contributed by atoms with Crippen LogP contribution in [0.4, 0.5) is 13.2 Å². The summed E-state index contributed by atoms with van der Waals surface area (Å²) >= 11 is 0. The summed E-state index contributed by atoms with van der Waals surface area (Å²) in [6.07, 6.45) is -1.88. The van der Waals surface area contributed by atoms with Crippen molar-refractivity contribution in [2.75, 3.05) is 26.2 Å². The van der Waals surface area contributed by atoms with Gasteiger partial charge in [-0.05, 0) is 57.7 Å². The molecule has 0 N–H and O–H groups in total. The number of aryl methyl sites for hydroxylation is 1. The molecule has 0 bridgehead atoms. The smallest absolute Gasteiger partial charge is 0.389 e. The highest BCUT2D eigenvalue weighted by molar-refractivity contribution is 5.77. The number of esters is 1. The Labute approximate surface area is 153 Å². The first-order chi connectivity index (χ1) is 12.3. The summed E-state index contributed by atoms with van der Waals surface area (Å²) in [6, 6.07) is 9.95. The minimum Gasteiger partial charge on any atom is -0.466 e. The van der Waals surface area contributed by atoms with Crippen molar-refractivity contribution < 1.29 is 22.7 Å². The van der Waals surface area contributed by atoms with Crippen LogP contribution in [0.15, 0.2) is 30.3 Å². The fourth-order valence-corrected chi connectivity index (χ4v) is 3.71. The van der Waals surface area contributed by atoms with Gasteiger partial charge in [-0.15, -0.1) is 0 Å². The third kappa shape index (κ3) is 6.31. The van der Waals surface area contributed by atoms with Gasteiger partial charge in [-0.2, -0.15) is 13.2 Å². The van der Waals surface area contributed by atoms with E-state index in [0.29, 0.717) is 26.1 Å². The van der Waals surface area contributed by atoms with Gasteiger partial charge >= 0.3 is 12.1 Å².